The Balaban J connectivity index is 2.77. The Kier molecular flexibility index (Phi) is 6.65. The van der Waals surface area contributed by atoms with Crippen molar-refractivity contribution in [2.45, 2.75) is 40.5 Å². The summed E-state index contributed by atoms with van der Waals surface area (Å²) >= 11 is 0. The van der Waals surface area contributed by atoms with Crippen LogP contribution in [0.1, 0.15) is 39.2 Å². The highest BCUT2D eigenvalue weighted by molar-refractivity contribution is 5.36. The SMILES string of the molecule is CCNc1cc(CC(C)C)nc(CCOCC)n1. The van der Waals surface area contributed by atoms with E-state index in [4.69, 9.17) is 4.74 Å². The van der Waals surface area contributed by atoms with Crippen LogP contribution in [-0.2, 0) is 17.6 Å². The zero-order valence-corrected chi connectivity index (χ0v) is 12.0. The molecule has 1 aromatic rings. The molecule has 0 aromatic carbocycles. The summed E-state index contributed by atoms with van der Waals surface area (Å²) in [7, 11) is 0. The Morgan fingerprint density at radius 2 is 2.06 bits per heavy atom. The quantitative estimate of drug-likeness (QED) is 0.722. The maximum Gasteiger partial charge on any atom is 0.133 e. The molecule has 1 aromatic heterocycles. The van der Waals surface area contributed by atoms with E-state index < -0.39 is 0 Å². The van der Waals surface area contributed by atoms with Gasteiger partial charge in [0.05, 0.1) is 6.61 Å². The Morgan fingerprint density at radius 3 is 2.67 bits per heavy atom. The molecule has 102 valence electrons. The summed E-state index contributed by atoms with van der Waals surface area (Å²) in [6.07, 6.45) is 1.76. The molecule has 1 N–H and O–H groups in total. The first-order valence-electron chi connectivity index (χ1n) is 6.84. The molecule has 1 heterocycles. The Morgan fingerprint density at radius 1 is 1.28 bits per heavy atom. The van der Waals surface area contributed by atoms with Crippen molar-refractivity contribution in [3.63, 3.8) is 0 Å². The molecule has 0 amide bonds. The lowest BCUT2D eigenvalue weighted by atomic mass is 10.1. The number of hydrogen-bond donors (Lipinski definition) is 1. The molecule has 4 heteroatoms. The van der Waals surface area contributed by atoms with Crippen LogP contribution >= 0.6 is 0 Å². The first kappa shape index (κ1) is 14.9. The van der Waals surface area contributed by atoms with Crippen LogP contribution in [0, 0.1) is 5.92 Å². The third kappa shape index (κ3) is 5.45. The molecule has 0 spiro atoms. The molecular formula is C14H25N3O. The number of nitrogens with one attached hydrogen (secondary N) is 1. The van der Waals surface area contributed by atoms with Crippen LogP contribution in [0.4, 0.5) is 5.82 Å². The summed E-state index contributed by atoms with van der Waals surface area (Å²) in [5.74, 6) is 2.40. The predicted octanol–water partition coefficient (Wildman–Crippen LogP) is 2.69. The summed E-state index contributed by atoms with van der Waals surface area (Å²) in [5.41, 5.74) is 1.11. The summed E-state index contributed by atoms with van der Waals surface area (Å²) in [4.78, 5) is 9.10. The van der Waals surface area contributed by atoms with Crippen LogP contribution in [0.2, 0.25) is 0 Å². The Bertz CT molecular complexity index is 353. The molecular weight excluding hydrogens is 226 g/mol. The van der Waals surface area contributed by atoms with E-state index in [1.807, 2.05) is 13.0 Å². The maximum absolute atomic E-state index is 5.36. The van der Waals surface area contributed by atoms with Crippen molar-refractivity contribution in [1.29, 1.82) is 0 Å². The number of ether oxygens (including phenoxy) is 1. The number of hydrogen-bond acceptors (Lipinski definition) is 4. The van der Waals surface area contributed by atoms with Gasteiger partial charge in [-0.2, -0.15) is 0 Å². The van der Waals surface area contributed by atoms with E-state index >= 15 is 0 Å². The van der Waals surface area contributed by atoms with Crippen molar-refractivity contribution in [2.24, 2.45) is 5.92 Å². The molecule has 0 unspecified atom stereocenters. The van der Waals surface area contributed by atoms with Gasteiger partial charge < -0.3 is 10.1 Å². The molecule has 4 nitrogen and oxygen atoms in total. The van der Waals surface area contributed by atoms with E-state index in [1.165, 1.54) is 0 Å². The summed E-state index contributed by atoms with van der Waals surface area (Å²) < 4.78 is 5.36. The normalized spacial score (nSPS) is 10.9. The van der Waals surface area contributed by atoms with Crippen molar-refractivity contribution in [2.75, 3.05) is 25.1 Å². The molecule has 0 aliphatic carbocycles. The van der Waals surface area contributed by atoms with Crippen molar-refractivity contribution < 1.29 is 4.74 Å². The number of nitrogens with zero attached hydrogens (tertiary/aromatic N) is 2. The second kappa shape index (κ2) is 8.03. The van der Waals surface area contributed by atoms with Gasteiger partial charge >= 0.3 is 0 Å². The van der Waals surface area contributed by atoms with Gasteiger partial charge in [-0.05, 0) is 26.2 Å². The minimum Gasteiger partial charge on any atom is -0.381 e. The second-order valence-corrected chi connectivity index (χ2v) is 4.74. The molecule has 0 radical (unpaired) electrons. The monoisotopic (exact) mass is 251 g/mol. The summed E-state index contributed by atoms with van der Waals surface area (Å²) in [6, 6.07) is 2.05. The highest BCUT2D eigenvalue weighted by Gasteiger charge is 2.06. The van der Waals surface area contributed by atoms with E-state index in [0.717, 1.165) is 43.3 Å². The molecule has 0 bridgehead atoms. The van der Waals surface area contributed by atoms with Gasteiger partial charge in [0, 0.05) is 31.3 Å². The van der Waals surface area contributed by atoms with Gasteiger partial charge in [-0.1, -0.05) is 13.8 Å². The Labute approximate surface area is 110 Å². The van der Waals surface area contributed by atoms with Gasteiger partial charge in [0.15, 0.2) is 0 Å². The lowest BCUT2D eigenvalue weighted by Crippen LogP contribution is -2.09. The summed E-state index contributed by atoms with van der Waals surface area (Å²) in [6.45, 7) is 10.8. The van der Waals surface area contributed by atoms with E-state index in [2.05, 4.69) is 36.1 Å². The average Bonchev–Trinajstić information content (AvgIpc) is 2.28. The minimum atomic E-state index is 0.606. The van der Waals surface area contributed by atoms with Gasteiger partial charge in [0.2, 0.25) is 0 Å². The van der Waals surface area contributed by atoms with Crippen molar-refractivity contribution >= 4 is 5.82 Å². The molecule has 0 aliphatic heterocycles. The fourth-order valence-electron chi connectivity index (χ4n) is 1.77. The lowest BCUT2D eigenvalue weighted by molar-refractivity contribution is 0.149. The predicted molar refractivity (Wildman–Crippen MR) is 74.9 cm³/mol. The molecule has 0 saturated carbocycles. The molecule has 1 rings (SSSR count). The molecule has 18 heavy (non-hydrogen) atoms. The minimum absolute atomic E-state index is 0.606. The van der Waals surface area contributed by atoms with Gasteiger partial charge in [-0.25, -0.2) is 9.97 Å². The van der Waals surface area contributed by atoms with Crippen LogP contribution in [0.5, 0.6) is 0 Å². The largest absolute Gasteiger partial charge is 0.381 e. The zero-order chi connectivity index (χ0) is 13.4. The molecule has 0 saturated heterocycles. The number of anilines is 1. The van der Waals surface area contributed by atoms with Crippen LogP contribution in [0.15, 0.2) is 6.07 Å². The molecule has 0 atom stereocenters. The van der Waals surface area contributed by atoms with Crippen LogP contribution in [0.25, 0.3) is 0 Å². The number of rotatable bonds is 8. The maximum atomic E-state index is 5.36. The highest BCUT2D eigenvalue weighted by Crippen LogP contribution is 2.11. The summed E-state index contributed by atoms with van der Waals surface area (Å²) in [5, 5.41) is 3.26. The third-order valence-corrected chi connectivity index (χ3v) is 2.47. The third-order valence-electron chi connectivity index (χ3n) is 2.47. The topological polar surface area (TPSA) is 47.0 Å². The Hall–Kier alpha value is -1.16. The van der Waals surface area contributed by atoms with Crippen LogP contribution in [-0.4, -0.2) is 29.7 Å². The lowest BCUT2D eigenvalue weighted by Gasteiger charge is -2.10. The second-order valence-electron chi connectivity index (χ2n) is 4.74. The smallest absolute Gasteiger partial charge is 0.133 e. The molecule has 0 fully saturated rings. The van der Waals surface area contributed by atoms with Gasteiger partial charge in [0.1, 0.15) is 11.6 Å². The molecule has 0 aliphatic rings. The van der Waals surface area contributed by atoms with E-state index in [1.54, 1.807) is 0 Å². The van der Waals surface area contributed by atoms with Crippen molar-refractivity contribution in [1.82, 2.24) is 9.97 Å². The van der Waals surface area contributed by atoms with E-state index in [9.17, 15) is 0 Å². The zero-order valence-electron chi connectivity index (χ0n) is 12.0. The number of aromatic nitrogens is 2. The highest BCUT2D eigenvalue weighted by atomic mass is 16.5. The van der Waals surface area contributed by atoms with Gasteiger partial charge in [-0.3, -0.25) is 0 Å². The van der Waals surface area contributed by atoms with Gasteiger partial charge in [-0.15, -0.1) is 0 Å². The van der Waals surface area contributed by atoms with Crippen LogP contribution < -0.4 is 5.32 Å². The standard InChI is InChI=1S/C14H25N3O/c1-5-15-14-10-12(9-11(3)4)16-13(17-14)7-8-18-6-2/h10-11H,5-9H2,1-4H3,(H,15,16,17). The first-order chi connectivity index (χ1) is 8.65. The van der Waals surface area contributed by atoms with Crippen LogP contribution in [0.3, 0.4) is 0 Å². The van der Waals surface area contributed by atoms with E-state index in [0.29, 0.717) is 12.5 Å². The van der Waals surface area contributed by atoms with E-state index in [-0.39, 0.29) is 0 Å². The fourth-order valence-corrected chi connectivity index (χ4v) is 1.77. The fraction of sp³-hybridized carbons (Fsp3) is 0.714. The first-order valence-corrected chi connectivity index (χ1v) is 6.84. The van der Waals surface area contributed by atoms with Crippen molar-refractivity contribution in [3.8, 4) is 0 Å². The van der Waals surface area contributed by atoms with Gasteiger partial charge in [0.25, 0.3) is 0 Å². The average molecular weight is 251 g/mol. The van der Waals surface area contributed by atoms with Crippen molar-refractivity contribution in [3.05, 3.63) is 17.6 Å².